The molecule has 0 aliphatic heterocycles. The van der Waals surface area contributed by atoms with Crippen LogP contribution in [-0.2, 0) is 0 Å². The number of methoxy groups -OCH3 is 2. The van der Waals surface area contributed by atoms with Crippen molar-refractivity contribution in [3.63, 3.8) is 0 Å². The van der Waals surface area contributed by atoms with Crippen LogP contribution in [0, 0.1) is 5.82 Å². The molecule has 0 saturated carbocycles. The summed E-state index contributed by atoms with van der Waals surface area (Å²) in [4.78, 5) is 12.3. The van der Waals surface area contributed by atoms with Crippen LogP contribution in [0.5, 0.6) is 17.2 Å². The molecule has 0 aliphatic rings. The van der Waals surface area contributed by atoms with Crippen molar-refractivity contribution < 1.29 is 23.4 Å². The fourth-order valence-electron chi connectivity index (χ4n) is 2.26. The lowest BCUT2D eigenvalue weighted by atomic mass is 10.1. The Hall–Kier alpha value is -2.82. The molecule has 0 atom stereocenters. The second-order valence-corrected chi connectivity index (χ2v) is 5.59. The van der Waals surface area contributed by atoms with Gasteiger partial charge < -0.3 is 14.2 Å². The molecule has 2 rings (SSSR count). The van der Waals surface area contributed by atoms with E-state index in [0.29, 0.717) is 22.8 Å². The number of para-hydroxylation sites is 1. The molecule has 132 valence electrons. The van der Waals surface area contributed by atoms with Crippen LogP contribution in [-0.4, -0.2) is 26.1 Å². The lowest BCUT2D eigenvalue weighted by molar-refractivity contribution is 0.104. The average Bonchev–Trinajstić information content (AvgIpc) is 2.59. The number of benzene rings is 2. The summed E-state index contributed by atoms with van der Waals surface area (Å²) < 4.78 is 30.0. The zero-order chi connectivity index (χ0) is 18.4. The average molecular weight is 344 g/mol. The van der Waals surface area contributed by atoms with Gasteiger partial charge in [-0.15, -0.1) is 0 Å². The summed E-state index contributed by atoms with van der Waals surface area (Å²) in [7, 11) is 2.99. The van der Waals surface area contributed by atoms with Crippen molar-refractivity contribution in [3.8, 4) is 17.2 Å². The number of ketones is 1. The van der Waals surface area contributed by atoms with Gasteiger partial charge in [-0.3, -0.25) is 4.79 Å². The Bertz CT molecular complexity index is 781. The van der Waals surface area contributed by atoms with Gasteiger partial charge in [0.1, 0.15) is 11.6 Å². The number of hydrogen-bond donors (Lipinski definition) is 0. The van der Waals surface area contributed by atoms with Crippen LogP contribution < -0.4 is 14.2 Å². The molecule has 0 saturated heterocycles. The van der Waals surface area contributed by atoms with E-state index in [4.69, 9.17) is 14.2 Å². The van der Waals surface area contributed by atoms with E-state index in [-0.39, 0.29) is 11.7 Å². The maximum atomic E-state index is 14.0. The highest BCUT2D eigenvalue weighted by Crippen LogP contribution is 2.33. The molecule has 2 aromatic carbocycles. The molecule has 0 N–H and O–H groups in total. The van der Waals surface area contributed by atoms with Crippen LogP contribution in [0.4, 0.5) is 4.39 Å². The Kier molecular flexibility index (Phi) is 6.17. The monoisotopic (exact) mass is 344 g/mol. The van der Waals surface area contributed by atoms with Gasteiger partial charge in [0.25, 0.3) is 0 Å². The van der Waals surface area contributed by atoms with Crippen molar-refractivity contribution in [2.45, 2.75) is 20.0 Å². The number of carbonyl (C=O) groups excluding carboxylic acids is 1. The number of rotatable bonds is 7. The van der Waals surface area contributed by atoms with Crippen molar-refractivity contribution in [2.24, 2.45) is 0 Å². The van der Waals surface area contributed by atoms with Crippen molar-refractivity contribution in [1.82, 2.24) is 0 Å². The summed E-state index contributed by atoms with van der Waals surface area (Å²) in [5.74, 6) is 0.397. The third-order valence-electron chi connectivity index (χ3n) is 3.44. The highest BCUT2D eigenvalue weighted by Gasteiger charge is 2.13. The Labute approximate surface area is 146 Å². The highest BCUT2D eigenvalue weighted by atomic mass is 19.1. The molecular formula is C20H21FO4. The molecule has 0 spiro atoms. The summed E-state index contributed by atoms with van der Waals surface area (Å²) in [6, 6.07) is 9.50. The van der Waals surface area contributed by atoms with Crippen molar-refractivity contribution in [2.75, 3.05) is 14.2 Å². The smallest absolute Gasteiger partial charge is 0.188 e. The van der Waals surface area contributed by atoms with Gasteiger partial charge >= 0.3 is 0 Å². The van der Waals surface area contributed by atoms with Crippen molar-refractivity contribution in [3.05, 3.63) is 59.4 Å². The standard InChI is InChI=1S/C20H21FO4/c1-13(2)25-20-14(6-5-7-19(20)24-4)8-11-18(22)16-10-9-15(23-3)12-17(16)21/h5-13H,1-4H3/b11-8+. The van der Waals surface area contributed by atoms with Gasteiger partial charge in [-0.1, -0.05) is 12.1 Å². The Balaban J connectivity index is 2.31. The van der Waals surface area contributed by atoms with Gasteiger partial charge in [0.2, 0.25) is 0 Å². The predicted octanol–water partition coefficient (Wildman–Crippen LogP) is 4.53. The fourth-order valence-corrected chi connectivity index (χ4v) is 2.26. The number of ether oxygens (including phenoxy) is 3. The zero-order valence-electron chi connectivity index (χ0n) is 14.7. The molecule has 0 fully saturated rings. The van der Waals surface area contributed by atoms with Gasteiger partial charge in [0.15, 0.2) is 17.3 Å². The van der Waals surface area contributed by atoms with Gasteiger partial charge in [-0.25, -0.2) is 4.39 Å². The lowest BCUT2D eigenvalue weighted by Gasteiger charge is -2.15. The summed E-state index contributed by atoms with van der Waals surface area (Å²) in [5.41, 5.74) is 0.654. The number of halogens is 1. The topological polar surface area (TPSA) is 44.8 Å². The summed E-state index contributed by atoms with van der Waals surface area (Å²) in [5, 5.41) is 0. The van der Waals surface area contributed by atoms with E-state index in [2.05, 4.69) is 0 Å². The number of hydrogen-bond acceptors (Lipinski definition) is 4. The van der Waals surface area contributed by atoms with E-state index >= 15 is 0 Å². The minimum Gasteiger partial charge on any atom is -0.497 e. The Morgan fingerprint density at radius 3 is 2.48 bits per heavy atom. The second-order valence-electron chi connectivity index (χ2n) is 5.59. The minimum absolute atomic E-state index is 0.0220. The van der Waals surface area contributed by atoms with E-state index in [9.17, 15) is 9.18 Å². The van der Waals surface area contributed by atoms with Gasteiger partial charge in [-0.05, 0) is 44.2 Å². The molecule has 0 heterocycles. The quantitative estimate of drug-likeness (QED) is 0.547. The summed E-state index contributed by atoms with van der Waals surface area (Å²) >= 11 is 0. The van der Waals surface area contributed by atoms with E-state index in [1.807, 2.05) is 13.8 Å². The molecule has 25 heavy (non-hydrogen) atoms. The molecular weight excluding hydrogens is 323 g/mol. The van der Waals surface area contributed by atoms with E-state index in [1.165, 1.54) is 25.3 Å². The van der Waals surface area contributed by atoms with Gasteiger partial charge in [0.05, 0.1) is 25.9 Å². The maximum absolute atomic E-state index is 14.0. The zero-order valence-corrected chi connectivity index (χ0v) is 14.7. The maximum Gasteiger partial charge on any atom is 0.188 e. The van der Waals surface area contributed by atoms with E-state index in [0.717, 1.165) is 0 Å². The molecule has 2 aromatic rings. The Morgan fingerprint density at radius 2 is 1.88 bits per heavy atom. The second kappa shape index (κ2) is 8.33. The van der Waals surface area contributed by atoms with Crippen molar-refractivity contribution in [1.29, 1.82) is 0 Å². The van der Waals surface area contributed by atoms with Crippen LogP contribution >= 0.6 is 0 Å². The normalized spacial score (nSPS) is 11.0. The van der Waals surface area contributed by atoms with Crippen molar-refractivity contribution >= 4 is 11.9 Å². The third kappa shape index (κ3) is 4.59. The first-order chi connectivity index (χ1) is 12.0. The minimum atomic E-state index is -0.627. The van der Waals surface area contributed by atoms with E-state index in [1.54, 1.807) is 37.5 Å². The number of carbonyl (C=O) groups is 1. The predicted molar refractivity (Wildman–Crippen MR) is 95.1 cm³/mol. The Morgan fingerprint density at radius 1 is 1.12 bits per heavy atom. The molecule has 0 aromatic heterocycles. The van der Waals surface area contributed by atoms with E-state index < -0.39 is 11.6 Å². The lowest BCUT2D eigenvalue weighted by Crippen LogP contribution is -2.08. The molecule has 4 nitrogen and oxygen atoms in total. The van der Waals surface area contributed by atoms with Crippen LogP contribution in [0.1, 0.15) is 29.8 Å². The van der Waals surface area contributed by atoms with Crippen LogP contribution in [0.2, 0.25) is 0 Å². The molecule has 0 aliphatic carbocycles. The van der Waals surface area contributed by atoms with Crippen LogP contribution in [0.25, 0.3) is 6.08 Å². The molecule has 0 bridgehead atoms. The first kappa shape index (κ1) is 18.5. The molecule has 0 radical (unpaired) electrons. The molecule has 0 unspecified atom stereocenters. The SMILES string of the molecule is COc1ccc(C(=O)/C=C/c2cccc(OC)c2OC(C)C)c(F)c1. The highest BCUT2D eigenvalue weighted by molar-refractivity contribution is 6.07. The van der Waals surface area contributed by atoms with Crippen LogP contribution in [0.3, 0.4) is 0 Å². The summed E-state index contributed by atoms with van der Waals surface area (Å²) in [6.45, 7) is 3.80. The van der Waals surface area contributed by atoms with Gasteiger partial charge in [0, 0.05) is 11.6 Å². The first-order valence-electron chi connectivity index (χ1n) is 7.86. The number of allylic oxidation sites excluding steroid dienone is 1. The van der Waals surface area contributed by atoms with Gasteiger partial charge in [-0.2, -0.15) is 0 Å². The van der Waals surface area contributed by atoms with Crippen LogP contribution in [0.15, 0.2) is 42.5 Å². The fraction of sp³-hybridized carbons (Fsp3) is 0.250. The largest absolute Gasteiger partial charge is 0.497 e. The summed E-state index contributed by atoms with van der Waals surface area (Å²) in [6.07, 6.45) is 2.84. The third-order valence-corrected chi connectivity index (χ3v) is 3.44. The first-order valence-corrected chi connectivity index (χ1v) is 7.86. The molecule has 5 heteroatoms. The molecule has 0 amide bonds.